The first-order chi connectivity index (χ1) is 30.9. The third kappa shape index (κ3) is 15.0. The molecule has 2 N–H and O–H groups in total. The first-order valence-electron chi connectivity index (χ1n) is 22.1. The van der Waals surface area contributed by atoms with Crippen molar-refractivity contribution in [1.82, 2.24) is 24.9 Å². The molecule has 64 heavy (non-hydrogen) atoms. The van der Waals surface area contributed by atoms with Crippen molar-refractivity contribution in [3.05, 3.63) is 70.6 Å². The summed E-state index contributed by atoms with van der Waals surface area (Å²) in [6.07, 6.45) is 7.61. The molecular weight excluding hydrogens is 861 g/mol. The number of aromatic nitrogens is 5. The van der Waals surface area contributed by atoms with Gasteiger partial charge >= 0.3 is 0 Å². The molecule has 2 aliphatic rings. The average Bonchev–Trinajstić information content (AvgIpc) is 3.89. The van der Waals surface area contributed by atoms with Gasteiger partial charge < -0.3 is 53.1 Å². The van der Waals surface area contributed by atoms with Crippen molar-refractivity contribution in [3.8, 4) is 11.5 Å². The smallest absolute Gasteiger partial charge is 0.163 e. The molecule has 0 spiro atoms. The summed E-state index contributed by atoms with van der Waals surface area (Å²) in [6.45, 7) is 13.4. The van der Waals surface area contributed by atoms with Crippen LogP contribution in [0.3, 0.4) is 0 Å². The molecule has 15 nitrogen and oxygen atoms in total. The number of hydrogen-bond acceptors (Lipinski definition) is 14. The molecule has 6 bridgehead atoms. The molecule has 0 fully saturated rings. The van der Waals surface area contributed by atoms with Crippen molar-refractivity contribution >= 4 is 44.4 Å². The maximum Gasteiger partial charge on any atom is 0.163 e. The average molecular weight is 928 g/mol. The number of hydrogen-bond donors (Lipinski definition) is 2. The molecule has 4 heterocycles. The van der Waals surface area contributed by atoms with Gasteiger partial charge in [0.2, 0.25) is 0 Å². The second-order valence-electron chi connectivity index (χ2n) is 14.9. The summed E-state index contributed by atoms with van der Waals surface area (Å²) >= 11 is 0. The Bertz CT molecular complexity index is 2050. The molecule has 0 aliphatic carbocycles. The van der Waals surface area contributed by atoms with E-state index in [1.54, 1.807) is 26.6 Å². The standard InChI is InChI=1S/C48H66N5O10.Mn/c1-7-35-36(8-2)40-28-42-38(12-10-14-55)34(4)46(53-42)32-50-44-30-48(63-26-24-61-22-20-59-18-16-57-6)47(62-25-23-60-21-19-58-17-15-56-5)29-43(44)49-31-45-33(3)37(11-9-13-54)41(52-45)27-39(35)51-40;/h27-32,54-55H,7-26H2,1-6H3;/q-1;. The maximum absolute atomic E-state index is 9.85. The van der Waals surface area contributed by atoms with Crippen LogP contribution in [0.4, 0.5) is 0 Å². The number of aliphatic hydroxyl groups is 2. The SMILES string of the molecule is CCc1c(CC)c2cc3nc(cnc4cc(OCCOCCOCCOC)c(OCCOCCOCCOC)cc4ncc4nc(cc1[n-]2)C(CCCO)=C4C)C(C)=C3CCCO.[Mn]. The molecule has 16 heteroatoms. The number of benzene rings is 1. The minimum Gasteiger partial charge on any atom is -0.657 e. The molecule has 0 atom stereocenters. The first kappa shape index (κ1) is 52.6. The molecule has 0 unspecified atom stereocenters. The van der Waals surface area contributed by atoms with Crippen molar-refractivity contribution in [1.29, 1.82) is 0 Å². The molecule has 1 radical (unpaired) electrons. The molecular formula is C48H66MnN5O10-. The van der Waals surface area contributed by atoms with E-state index in [9.17, 15) is 10.2 Å². The zero-order valence-corrected chi connectivity index (χ0v) is 39.6. The Morgan fingerprint density at radius 2 is 0.891 bits per heavy atom. The number of ether oxygens (including phenoxy) is 8. The molecule has 351 valence electrons. The van der Waals surface area contributed by atoms with Gasteiger partial charge in [0, 0.05) is 56.6 Å². The van der Waals surface area contributed by atoms with Crippen molar-refractivity contribution in [2.45, 2.75) is 66.2 Å². The Morgan fingerprint density at radius 3 is 1.25 bits per heavy atom. The fourth-order valence-electron chi connectivity index (χ4n) is 7.33. The van der Waals surface area contributed by atoms with Gasteiger partial charge in [-0.1, -0.05) is 37.1 Å². The third-order valence-electron chi connectivity index (χ3n) is 10.7. The minimum absolute atomic E-state index is 0. The molecule has 0 saturated heterocycles. The Kier molecular flexibility index (Phi) is 23.6. The summed E-state index contributed by atoms with van der Waals surface area (Å²) in [5, 5.41) is 19.7. The molecule has 0 amide bonds. The number of allylic oxidation sites excluding steroid dienone is 4. The van der Waals surface area contributed by atoms with Crippen LogP contribution < -0.4 is 14.5 Å². The zero-order chi connectivity index (χ0) is 44.8. The second kappa shape index (κ2) is 28.8. The Hall–Kier alpha value is -4.06. The van der Waals surface area contributed by atoms with Crippen LogP contribution in [-0.2, 0) is 58.3 Å². The largest absolute Gasteiger partial charge is 0.657 e. The Labute approximate surface area is 388 Å². The van der Waals surface area contributed by atoms with Gasteiger partial charge in [-0.3, -0.25) is 9.97 Å². The van der Waals surface area contributed by atoms with Crippen LogP contribution in [0.1, 0.15) is 87.3 Å². The number of aliphatic hydroxyl groups excluding tert-OH is 2. The summed E-state index contributed by atoms with van der Waals surface area (Å²) < 4.78 is 45.3. The van der Waals surface area contributed by atoms with Crippen LogP contribution in [0.15, 0.2) is 36.7 Å². The van der Waals surface area contributed by atoms with Gasteiger partial charge in [-0.2, -0.15) is 0 Å². The third-order valence-corrected chi connectivity index (χ3v) is 10.7. The van der Waals surface area contributed by atoms with E-state index in [-0.39, 0.29) is 43.5 Å². The normalized spacial score (nSPS) is 12.5. The van der Waals surface area contributed by atoms with Gasteiger partial charge in [-0.25, -0.2) is 9.97 Å². The van der Waals surface area contributed by atoms with E-state index in [2.05, 4.69) is 26.0 Å². The number of aryl methyl sites for hydroxylation is 2. The molecule has 1 aromatic carbocycles. The fraction of sp³-hybridized carbons (Fsp3) is 0.542. The van der Waals surface area contributed by atoms with Crippen LogP contribution in [0.5, 0.6) is 11.5 Å². The van der Waals surface area contributed by atoms with Crippen molar-refractivity contribution in [3.63, 3.8) is 0 Å². The van der Waals surface area contributed by atoms with E-state index in [1.807, 2.05) is 26.0 Å². The number of methoxy groups -OCH3 is 2. The van der Waals surface area contributed by atoms with Crippen LogP contribution in [-0.4, -0.2) is 137 Å². The molecule has 2 aliphatic heterocycles. The van der Waals surface area contributed by atoms with Crippen LogP contribution >= 0.6 is 0 Å². The number of nitrogens with zero attached hydrogens (tertiary/aromatic N) is 5. The van der Waals surface area contributed by atoms with Gasteiger partial charge in [-0.15, -0.1) is 11.0 Å². The number of rotatable bonds is 28. The molecule has 0 saturated carbocycles. The maximum atomic E-state index is 9.85. The first-order valence-corrected chi connectivity index (χ1v) is 22.1. The van der Waals surface area contributed by atoms with Crippen molar-refractivity contribution in [2.24, 2.45) is 0 Å². The summed E-state index contributed by atoms with van der Waals surface area (Å²) in [5.41, 5.74) is 12.2. The van der Waals surface area contributed by atoms with Crippen molar-refractivity contribution < 1.29 is 65.2 Å². The van der Waals surface area contributed by atoms with Crippen LogP contribution in [0, 0.1) is 0 Å². The van der Waals surface area contributed by atoms with Crippen molar-refractivity contribution in [2.75, 3.05) is 107 Å². The monoisotopic (exact) mass is 927 g/mol. The summed E-state index contributed by atoms with van der Waals surface area (Å²) in [5.74, 6) is 0.921. The van der Waals surface area contributed by atoms with Crippen LogP contribution in [0.2, 0.25) is 0 Å². The van der Waals surface area contributed by atoms with E-state index in [0.717, 1.165) is 57.6 Å². The van der Waals surface area contributed by atoms with Gasteiger partial charge in [0.15, 0.2) is 11.5 Å². The van der Waals surface area contributed by atoms with Gasteiger partial charge in [-0.05, 0) is 74.7 Å². The van der Waals surface area contributed by atoms with Gasteiger partial charge in [0.05, 0.1) is 112 Å². The van der Waals surface area contributed by atoms with E-state index < -0.39 is 0 Å². The van der Waals surface area contributed by atoms with Gasteiger partial charge in [0.25, 0.3) is 0 Å². The quantitative estimate of drug-likeness (QED) is 0.0586. The number of fused-ring (bicyclic) bond motifs is 7. The summed E-state index contributed by atoms with van der Waals surface area (Å²) in [4.78, 5) is 25.5. The Balaban J connectivity index is 0.00000898. The molecule has 5 rings (SSSR count). The van der Waals surface area contributed by atoms with E-state index >= 15 is 0 Å². The van der Waals surface area contributed by atoms with E-state index in [1.165, 1.54) is 11.1 Å². The molecule has 2 aromatic heterocycles. The Morgan fingerprint density at radius 1 is 0.516 bits per heavy atom. The van der Waals surface area contributed by atoms with Gasteiger partial charge in [0.1, 0.15) is 13.2 Å². The topological polar surface area (TPSA) is 180 Å². The predicted octanol–water partition coefficient (Wildman–Crippen LogP) is 6.61. The second-order valence-corrected chi connectivity index (χ2v) is 14.9. The summed E-state index contributed by atoms with van der Waals surface area (Å²) in [6, 6.07) is 7.78. The minimum atomic E-state index is 0. The summed E-state index contributed by atoms with van der Waals surface area (Å²) in [7, 11) is 3.27. The zero-order valence-electron chi connectivity index (χ0n) is 38.4. The molecule has 3 aromatic rings. The predicted molar refractivity (Wildman–Crippen MR) is 244 cm³/mol. The fourth-order valence-corrected chi connectivity index (χ4v) is 7.33. The van der Waals surface area contributed by atoms with E-state index in [0.29, 0.717) is 126 Å². The van der Waals surface area contributed by atoms with Crippen LogP contribution in [0.25, 0.3) is 44.4 Å². The van der Waals surface area contributed by atoms with E-state index in [4.69, 9.17) is 62.8 Å².